The number of hydrogen-bond donors (Lipinski definition) is 1. The molecule has 0 spiro atoms. The van der Waals surface area contributed by atoms with Crippen molar-refractivity contribution in [3.63, 3.8) is 0 Å². The second kappa shape index (κ2) is 8.64. The molecule has 1 aromatic carbocycles. The summed E-state index contributed by atoms with van der Waals surface area (Å²) in [6, 6.07) is 3.85. The van der Waals surface area contributed by atoms with Crippen LogP contribution in [0.3, 0.4) is 0 Å². The van der Waals surface area contributed by atoms with Crippen molar-refractivity contribution in [1.82, 2.24) is 0 Å². The van der Waals surface area contributed by atoms with Crippen LogP contribution in [0.1, 0.15) is 18.9 Å². The molecule has 0 aromatic heterocycles. The standard InChI is InChI=1S/C13H16Br2F3NOS/c1-2-9(19)5-8-6-10(14)12(11(15)7-8)20-3-4-21-13(16,17)18/h6-7,9H,2-5,19H2,1H3. The van der Waals surface area contributed by atoms with Crippen molar-refractivity contribution in [2.24, 2.45) is 5.73 Å². The Hall–Kier alpha value is 0.0800. The van der Waals surface area contributed by atoms with Crippen LogP contribution in [0.4, 0.5) is 13.2 Å². The summed E-state index contributed by atoms with van der Waals surface area (Å²) in [5.41, 5.74) is 2.73. The Kier molecular flexibility index (Phi) is 7.87. The molecule has 8 heteroatoms. The van der Waals surface area contributed by atoms with Crippen molar-refractivity contribution >= 4 is 43.6 Å². The second-order valence-corrected chi connectivity index (χ2v) is 7.27. The van der Waals surface area contributed by atoms with Crippen molar-refractivity contribution in [1.29, 1.82) is 0 Å². The lowest BCUT2D eigenvalue weighted by Crippen LogP contribution is -2.21. The lowest BCUT2D eigenvalue weighted by molar-refractivity contribution is -0.0329. The fourth-order valence-electron chi connectivity index (χ4n) is 1.62. The number of alkyl halides is 3. The minimum Gasteiger partial charge on any atom is -0.490 e. The van der Waals surface area contributed by atoms with Crippen LogP contribution in [0.2, 0.25) is 0 Å². The van der Waals surface area contributed by atoms with E-state index < -0.39 is 5.51 Å². The molecule has 0 fully saturated rings. The Morgan fingerprint density at radius 1 is 1.29 bits per heavy atom. The number of rotatable bonds is 7. The van der Waals surface area contributed by atoms with E-state index in [4.69, 9.17) is 10.5 Å². The SMILES string of the molecule is CCC(N)Cc1cc(Br)c(OCCSC(F)(F)F)c(Br)c1. The highest BCUT2D eigenvalue weighted by Gasteiger charge is 2.27. The van der Waals surface area contributed by atoms with Gasteiger partial charge in [-0.1, -0.05) is 6.92 Å². The van der Waals surface area contributed by atoms with Gasteiger partial charge in [-0.3, -0.25) is 0 Å². The summed E-state index contributed by atoms with van der Waals surface area (Å²) in [5.74, 6) is 0.358. The molecule has 0 amide bonds. The van der Waals surface area contributed by atoms with Gasteiger partial charge in [-0.25, -0.2) is 0 Å². The van der Waals surface area contributed by atoms with Crippen molar-refractivity contribution in [2.45, 2.75) is 31.3 Å². The fourth-order valence-corrected chi connectivity index (χ4v) is 3.52. The van der Waals surface area contributed by atoms with Gasteiger partial charge in [0.25, 0.3) is 0 Å². The maximum Gasteiger partial charge on any atom is 0.441 e. The van der Waals surface area contributed by atoms with Crippen LogP contribution >= 0.6 is 43.6 Å². The van der Waals surface area contributed by atoms with Gasteiger partial charge in [0.1, 0.15) is 5.75 Å². The number of hydrogen-bond acceptors (Lipinski definition) is 3. The number of thioether (sulfide) groups is 1. The molecule has 1 aromatic rings. The highest BCUT2D eigenvalue weighted by atomic mass is 79.9. The fraction of sp³-hybridized carbons (Fsp3) is 0.538. The van der Waals surface area contributed by atoms with Crippen LogP contribution in [-0.4, -0.2) is 23.9 Å². The van der Waals surface area contributed by atoms with E-state index in [0.717, 1.165) is 18.4 Å². The average molecular weight is 451 g/mol. The van der Waals surface area contributed by atoms with Gasteiger partial charge in [0.05, 0.1) is 15.6 Å². The van der Waals surface area contributed by atoms with Crippen molar-refractivity contribution in [3.05, 3.63) is 26.6 Å². The summed E-state index contributed by atoms with van der Waals surface area (Å²) in [6.07, 6.45) is 1.61. The minimum atomic E-state index is -4.22. The van der Waals surface area contributed by atoms with Crippen molar-refractivity contribution in [3.8, 4) is 5.75 Å². The summed E-state index contributed by atoms with van der Waals surface area (Å²) in [7, 11) is 0. The summed E-state index contributed by atoms with van der Waals surface area (Å²) in [5, 5.41) is 0. The largest absolute Gasteiger partial charge is 0.490 e. The van der Waals surface area contributed by atoms with E-state index in [0.29, 0.717) is 14.7 Å². The Balaban J connectivity index is 2.63. The molecule has 1 atom stereocenters. The maximum absolute atomic E-state index is 12.0. The van der Waals surface area contributed by atoms with E-state index >= 15 is 0 Å². The van der Waals surface area contributed by atoms with Crippen LogP contribution in [0.15, 0.2) is 21.1 Å². The van der Waals surface area contributed by atoms with Crippen LogP contribution in [0, 0.1) is 0 Å². The van der Waals surface area contributed by atoms with Crippen molar-refractivity contribution in [2.75, 3.05) is 12.4 Å². The quantitative estimate of drug-likeness (QED) is 0.585. The van der Waals surface area contributed by atoms with Gasteiger partial charge in [-0.15, -0.1) is 0 Å². The third-order valence-electron chi connectivity index (χ3n) is 2.68. The predicted molar refractivity (Wildman–Crippen MR) is 87.8 cm³/mol. The molecule has 1 unspecified atom stereocenters. The first kappa shape index (κ1) is 19.1. The zero-order chi connectivity index (χ0) is 16.0. The number of halogens is 5. The van der Waals surface area contributed by atoms with Crippen LogP contribution in [0.5, 0.6) is 5.75 Å². The third kappa shape index (κ3) is 7.25. The Morgan fingerprint density at radius 3 is 2.33 bits per heavy atom. The first-order valence-electron chi connectivity index (χ1n) is 6.30. The van der Waals surface area contributed by atoms with Gasteiger partial charge in [0.2, 0.25) is 0 Å². The van der Waals surface area contributed by atoms with Gasteiger partial charge in [-0.05, 0) is 74.2 Å². The Morgan fingerprint density at radius 2 is 1.86 bits per heavy atom. The molecule has 120 valence electrons. The third-order valence-corrected chi connectivity index (χ3v) is 4.55. The molecular formula is C13H16Br2F3NOS. The summed E-state index contributed by atoms with van der Waals surface area (Å²) >= 11 is 6.66. The molecule has 0 aliphatic carbocycles. The molecule has 2 nitrogen and oxygen atoms in total. The molecule has 0 radical (unpaired) electrons. The lowest BCUT2D eigenvalue weighted by Gasteiger charge is -2.14. The maximum atomic E-state index is 12.0. The van der Waals surface area contributed by atoms with Gasteiger partial charge in [0.15, 0.2) is 0 Å². The van der Waals surface area contributed by atoms with E-state index in [1.807, 2.05) is 19.1 Å². The molecule has 0 aliphatic heterocycles. The molecule has 0 bridgehead atoms. The average Bonchev–Trinajstić information content (AvgIpc) is 2.35. The normalized spacial score (nSPS) is 13.3. The van der Waals surface area contributed by atoms with E-state index in [9.17, 15) is 13.2 Å². The zero-order valence-electron chi connectivity index (χ0n) is 11.3. The molecule has 21 heavy (non-hydrogen) atoms. The zero-order valence-corrected chi connectivity index (χ0v) is 15.3. The lowest BCUT2D eigenvalue weighted by atomic mass is 10.0. The van der Waals surface area contributed by atoms with E-state index in [1.54, 1.807) is 0 Å². The van der Waals surface area contributed by atoms with Crippen LogP contribution < -0.4 is 10.5 Å². The number of benzene rings is 1. The molecule has 0 aliphatic rings. The van der Waals surface area contributed by atoms with E-state index in [-0.39, 0.29) is 30.2 Å². The molecule has 1 rings (SSSR count). The topological polar surface area (TPSA) is 35.2 Å². The highest BCUT2D eigenvalue weighted by molar-refractivity contribution is 9.11. The number of ether oxygens (including phenoxy) is 1. The van der Waals surface area contributed by atoms with Gasteiger partial charge >= 0.3 is 5.51 Å². The van der Waals surface area contributed by atoms with Gasteiger partial charge in [0, 0.05) is 11.8 Å². The summed E-state index contributed by atoms with van der Waals surface area (Å²) < 4.78 is 42.9. The first-order valence-corrected chi connectivity index (χ1v) is 8.87. The highest BCUT2D eigenvalue weighted by Crippen LogP contribution is 2.36. The summed E-state index contributed by atoms with van der Waals surface area (Å²) in [4.78, 5) is 0. The van der Waals surface area contributed by atoms with E-state index in [1.165, 1.54) is 0 Å². The molecule has 0 saturated heterocycles. The Bertz CT molecular complexity index is 448. The van der Waals surface area contributed by atoms with Crippen molar-refractivity contribution < 1.29 is 17.9 Å². The van der Waals surface area contributed by atoms with Crippen LogP contribution in [0.25, 0.3) is 0 Å². The first-order chi connectivity index (χ1) is 9.73. The molecule has 2 N–H and O–H groups in total. The van der Waals surface area contributed by atoms with Gasteiger partial charge in [-0.2, -0.15) is 13.2 Å². The molecular weight excluding hydrogens is 435 g/mol. The summed E-state index contributed by atoms with van der Waals surface area (Å²) in [6.45, 7) is 2.00. The minimum absolute atomic E-state index is 0.0187. The second-order valence-electron chi connectivity index (χ2n) is 4.40. The Labute approximate surface area is 143 Å². The predicted octanol–water partition coefficient (Wildman–Crippen LogP) is 5.12. The number of nitrogens with two attached hydrogens (primary N) is 1. The molecule has 0 heterocycles. The molecule has 0 saturated carbocycles. The van der Waals surface area contributed by atoms with E-state index in [2.05, 4.69) is 31.9 Å². The van der Waals surface area contributed by atoms with Gasteiger partial charge < -0.3 is 10.5 Å². The smallest absolute Gasteiger partial charge is 0.441 e. The monoisotopic (exact) mass is 449 g/mol. The van der Waals surface area contributed by atoms with Crippen LogP contribution in [-0.2, 0) is 6.42 Å².